The van der Waals surface area contributed by atoms with Gasteiger partial charge in [-0.3, -0.25) is 0 Å². The van der Waals surface area contributed by atoms with Crippen molar-refractivity contribution in [2.75, 3.05) is 0 Å². The molecule has 0 aromatic heterocycles. The van der Waals surface area contributed by atoms with E-state index in [1.54, 1.807) is 0 Å². The summed E-state index contributed by atoms with van der Waals surface area (Å²) in [6, 6.07) is 15.2. The first-order valence-corrected chi connectivity index (χ1v) is 8.17. The van der Waals surface area contributed by atoms with Crippen molar-refractivity contribution in [2.45, 2.75) is 38.3 Å². The standard InChI is InChI=1S/C18H19Cl2N/c1-12(17-9-7-15(19)11-18(17)20)21-16-8-6-13-4-2-3-5-14(13)10-16/h2-5,7,9,11-12,16,21H,6,8,10H2,1H3. The Morgan fingerprint density at radius 2 is 1.86 bits per heavy atom. The summed E-state index contributed by atoms with van der Waals surface area (Å²) in [6.45, 7) is 2.16. The number of hydrogen-bond donors (Lipinski definition) is 1. The third-order valence-corrected chi connectivity index (χ3v) is 4.82. The SMILES string of the molecule is CC(NC1CCc2ccccc2C1)c1ccc(Cl)cc1Cl. The molecule has 0 aliphatic heterocycles. The molecule has 0 amide bonds. The summed E-state index contributed by atoms with van der Waals surface area (Å²) in [4.78, 5) is 0. The maximum Gasteiger partial charge on any atom is 0.0468 e. The van der Waals surface area contributed by atoms with Gasteiger partial charge in [-0.25, -0.2) is 0 Å². The van der Waals surface area contributed by atoms with Crippen molar-refractivity contribution in [2.24, 2.45) is 0 Å². The zero-order chi connectivity index (χ0) is 14.8. The van der Waals surface area contributed by atoms with Gasteiger partial charge in [-0.1, -0.05) is 53.5 Å². The molecule has 2 aromatic carbocycles. The third-order valence-electron chi connectivity index (χ3n) is 4.26. The first kappa shape index (κ1) is 14.9. The van der Waals surface area contributed by atoms with Gasteiger partial charge in [0.25, 0.3) is 0 Å². The van der Waals surface area contributed by atoms with Crippen LogP contribution in [0.2, 0.25) is 10.0 Å². The van der Waals surface area contributed by atoms with Gasteiger partial charge in [0, 0.05) is 22.1 Å². The van der Waals surface area contributed by atoms with Crippen LogP contribution in [-0.4, -0.2) is 6.04 Å². The van der Waals surface area contributed by atoms with E-state index in [1.807, 2.05) is 18.2 Å². The summed E-state index contributed by atoms with van der Waals surface area (Å²) in [6.07, 6.45) is 3.41. The summed E-state index contributed by atoms with van der Waals surface area (Å²) in [5.74, 6) is 0. The van der Waals surface area contributed by atoms with Crippen molar-refractivity contribution in [3.8, 4) is 0 Å². The topological polar surface area (TPSA) is 12.0 Å². The van der Waals surface area contributed by atoms with Gasteiger partial charge in [-0.2, -0.15) is 0 Å². The van der Waals surface area contributed by atoms with Crippen molar-refractivity contribution in [3.05, 3.63) is 69.2 Å². The number of halogens is 2. The molecule has 1 nitrogen and oxygen atoms in total. The van der Waals surface area contributed by atoms with Gasteiger partial charge in [0.2, 0.25) is 0 Å². The average Bonchev–Trinajstić information content (AvgIpc) is 2.47. The lowest BCUT2D eigenvalue weighted by Crippen LogP contribution is -2.36. The second-order valence-corrected chi connectivity index (χ2v) is 6.61. The van der Waals surface area contributed by atoms with Crippen LogP contribution < -0.4 is 5.32 Å². The second kappa shape index (κ2) is 6.39. The van der Waals surface area contributed by atoms with E-state index in [1.165, 1.54) is 17.5 Å². The van der Waals surface area contributed by atoms with Crippen LogP contribution in [0.1, 0.15) is 36.1 Å². The van der Waals surface area contributed by atoms with E-state index in [0.717, 1.165) is 23.4 Å². The molecular weight excluding hydrogens is 301 g/mol. The quantitative estimate of drug-likeness (QED) is 0.819. The highest BCUT2D eigenvalue weighted by Gasteiger charge is 2.20. The van der Waals surface area contributed by atoms with Crippen LogP contribution in [0.15, 0.2) is 42.5 Å². The molecule has 1 N–H and O–H groups in total. The average molecular weight is 320 g/mol. The highest BCUT2D eigenvalue weighted by atomic mass is 35.5. The molecule has 0 heterocycles. The largest absolute Gasteiger partial charge is 0.307 e. The number of fused-ring (bicyclic) bond motifs is 1. The van der Waals surface area contributed by atoms with E-state index < -0.39 is 0 Å². The summed E-state index contributed by atoms with van der Waals surface area (Å²) in [7, 11) is 0. The minimum Gasteiger partial charge on any atom is -0.307 e. The normalized spacial score (nSPS) is 19.1. The van der Waals surface area contributed by atoms with Crippen LogP contribution in [0.5, 0.6) is 0 Å². The van der Waals surface area contributed by atoms with Crippen molar-refractivity contribution in [1.82, 2.24) is 5.32 Å². The molecule has 3 rings (SSSR count). The summed E-state index contributed by atoms with van der Waals surface area (Å²) < 4.78 is 0. The van der Waals surface area contributed by atoms with Crippen molar-refractivity contribution in [1.29, 1.82) is 0 Å². The Kier molecular flexibility index (Phi) is 4.54. The number of aryl methyl sites for hydroxylation is 1. The molecular formula is C18H19Cl2N. The predicted octanol–water partition coefficient (Wildman–Crippen LogP) is 5.20. The highest BCUT2D eigenvalue weighted by molar-refractivity contribution is 6.35. The molecule has 2 aromatic rings. The van der Waals surface area contributed by atoms with Gasteiger partial charge in [-0.05, 0) is 55.0 Å². The Bertz CT molecular complexity index is 639. The maximum absolute atomic E-state index is 6.30. The Balaban J connectivity index is 1.70. The smallest absolute Gasteiger partial charge is 0.0468 e. The zero-order valence-electron chi connectivity index (χ0n) is 12.1. The van der Waals surface area contributed by atoms with Gasteiger partial charge >= 0.3 is 0 Å². The summed E-state index contributed by atoms with van der Waals surface area (Å²) in [5, 5.41) is 5.13. The molecule has 2 atom stereocenters. The van der Waals surface area contributed by atoms with Crippen LogP contribution in [0.25, 0.3) is 0 Å². The first-order valence-electron chi connectivity index (χ1n) is 7.41. The molecule has 1 aliphatic rings. The molecule has 0 saturated carbocycles. The van der Waals surface area contributed by atoms with E-state index in [4.69, 9.17) is 23.2 Å². The monoisotopic (exact) mass is 319 g/mol. The van der Waals surface area contributed by atoms with Crippen LogP contribution in [0, 0.1) is 0 Å². The lowest BCUT2D eigenvalue weighted by molar-refractivity contribution is 0.414. The molecule has 0 spiro atoms. The van der Waals surface area contributed by atoms with Crippen molar-refractivity contribution < 1.29 is 0 Å². The summed E-state index contributed by atoms with van der Waals surface area (Å²) in [5.41, 5.74) is 4.07. The Hall–Kier alpha value is -1.02. The lowest BCUT2D eigenvalue weighted by Gasteiger charge is -2.29. The van der Waals surface area contributed by atoms with E-state index in [9.17, 15) is 0 Å². The molecule has 110 valence electrons. The highest BCUT2D eigenvalue weighted by Crippen LogP contribution is 2.28. The molecule has 2 unspecified atom stereocenters. The number of hydrogen-bond acceptors (Lipinski definition) is 1. The second-order valence-electron chi connectivity index (χ2n) is 5.76. The van der Waals surface area contributed by atoms with Crippen LogP contribution in [0.4, 0.5) is 0 Å². The van der Waals surface area contributed by atoms with E-state index in [0.29, 0.717) is 11.1 Å². The van der Waals surface area contributed by atoms with Gasteiger partial charge in [0.1, 0.15) is 0 Å². The van der Waals surface area contributed by atoms with Gasteiger partial charge in [0.05, 0.1) is 0 Å². The Morgan fingerprint density at radius 3 is 2.62 bits per heavy atom. The zero-order valence-corrected chi connectivity index (χ0v) is 13.6. The number of benzene rings is 2. The molecule has 3 heteroatoms. The predicted molar refractivity (Wildman–Crippen MR) is 90.3 cm³/mol. The molecule has 1 aliphatic carbocycles. The summed E-state index contributed by atoms with van der Waals surface area (Å²) >= 11 is 12.3. The van der Waals surface area contributed by atoms with E-state index in [-0.39, 0.29) is 6.04 Å². The third kappa shape index (κ3) is 3.42. The lowest BCUT2D eigenvalue weighted by atomic mass is 9.88. The molecule has 0 radical (unpaired) electrons. The van der Waals surface area contributed by atoms with Crippen LogP contribution in [-0.2, 0) is 12.8 Å². The van der Waals surface area contributed by atoms with Crippen LogP contribution >= 0.6 is 23.2 Å². The van der Waals surface area contributed by atoms with Gasteiger partial charge < -0.3 is 5.32 Å². The minimum absolute atomic E-state index is 0.227. The maximum atomic E-state index is 6.30. The number of nitrogens with one attached hydrogen (secondary N) is 1. The Morgan fingerprint density at radius 1 is 1.10 bits per heavy atom. The fourth-order valence-electron chi connectivity index (χ4n) is 3.14. The molecule has 0 saturated heterocycles. The molecule has 21 heavy (non-hydrogen) atoms. The van der Waals surface area contributed by atoms with E-state index >= 15 is 0 Å². The van der Waals surface area contributed by atoms with Crippen molar-refractivity contribution in [3.63, 3.8) is 0 Å². The number of rotatable bonds is 3. The van der Waals surface area contributed by atoms with E-state index in [2.05, 4.69) is 36.5 Å². The molecule has 0 bridgehead atoms. The van der Waals surface area contributed by atoms with Gasteiger partial charge in [0.15, 0.2) is 0 Å². The fraction of sp³-hybridized carbons (Fsp3) is 0.333. The van der Waals surface area contributed by atoms with Gasteiger partial charge in [-0.15, -0.1) is 0 Å². The first-order chi connectivity index (χ1) is 10.1. The van der Waals surface area contributed by atoms with Crippen molar-refractivity contribution >= 4 is 23.2 Å². The van der Waals surface area contributed by atoms with Crippen LogP contribution in [0.3, 0.4) is 0 Å². The molecule has 0 fully saturated rings. The minimum atomic E-state index is 0.227. The Labute approximate surface area is 136 Å². The fourth-order valence-corrected chi connectivity index (χ4v) is 3.71.